The van der Waals surface area contributed by atoms with Crippen LogP contribution in [0.15, 0.2) is 60.8 Å². The number of hydrogen-bond donors (Lipinski definition) is 1. The van der Waals surface area contributed by atoms with Crippen molar-refractivity contribution in [2.24, 2.45) is 0 Å². The van der Waals surface area contributed by atoms with Crippen LogP contribution in [0.2, 0.25) is 0 Å². The van der Waals surface area contributed by atoms with E-state index < -0.39 is 17.1 Å². The SMILES string of the molecule is CCC(C(O)C/C=C\C/C=C\C/C=C\C/C=C\C/C=C\CCC=O)[N+](=O)[O-]. The summed E-state index contributed by atoms with van der Waals surface area (Å²) in [4.78, 5) is 20.5. The number of aldehydes is 1. The highest BCUT2D eigenvalue weighted by Gasteiger charge is 2.26. The summed E-state index contributed by atoms with van der Waals surface area (Å²) in [5.41, 5.74) is 0. The van der Waals surface area contributed by atoms with Crippen molar-refractivity contribution < 1.29 is 14.8 Å². The molecule has 0 radical (unpaired) electrons. The van der Waals surface area contributed by atoms with Gasteiger partial charge in [0.15, 0.2) is 0 Å². The molecule has 0 aromatic heterocycles. The number of rotatable bonds is 16. The van der Waals surface area contributed by atoms with Gasteiger partial charge in [-0.3, -0.25) is 10.1 Å². The van der Waals surface area contributed by atoms with E-state index in [1.807, 2.05) is 18.2 Å². The Morgan fingerprint density at radius 2 is 1.26 bits per heavy atom. The van der Waals surface area contributed by atoms with Crippen LogP contribution in [0.5, 0.6) is 0 Å². The molecule has 0 bridgehead atoms. The maximum absolute atomic E-state index is 10.7. The van der Waals surface area contributed by atoms with Crippen molar-refractivity contribution in [2.75, 3.05) is 0 Å². The summed E-state index contributed by atoms with van der Waals surface area (Å²) in [5, 5.41) is 20.5. The van der Waals surface area contributed by atoms with Gasteiger partial charge < -0.3 is 9.90 Å². The number of aliphatic hydroxyl groups excluding tert-OH is 1. The predicted molar refractivity (Wildman–Crippen MR) is 111 cm³/mol. The first-order chi connectivity index (χ1) is 13.1. The van der Waals surface area contributed by atoms with Gasteiger partial charge in [-0.25, -0.2) is 0 Å². The van der Waals surface area contributed by atoms with Crippen LogP contribution in [0.4, 0.5) is 0 Å². The number of nitrogens with zero attached hydrogens (tertiary/aromatic N) is 1. The number of carbonyl (C=O) groups is 1. The molecule has 0 aromatic rings. The molecular formula is C22H33NO4. The van der Waals surface area contributed by atoms with E-state index >= 15 is 0 Å². The monoisotopic (exact) mass is 375 g/mol. The summed E-state index contributed by atoms with van der Waals surface area (Å²) < 4.78 is 0. The Labute approximate surface area is 163 Å². The summed E-state index contributed by atoms with van der Waals surface area (Å²) in [6.45, 7) is 1.71. The van der Waals surface area contributed by atoms with Gasteiger partial charge in [-0.15, -0.1) is 0 Å². The van der Waals surface area contributed by atoms with Crippen molar-refractivity contribution in [3.8, 4) is 0 Å². The highest BCUT2D eigenvalue weighted by atomic mass is 16.6. The van der Waals surface area contributed by atoms with Crippen LogP contribution in [-0.2, 0) is 4.79 Å². The molecule has 0 saturated carbocycles. The highest BCUT2D eigenvalue weighted by Crippen LogP contribution is 2.08. The molecule has 0 aliphatic heterocycles. The first-order valence-corrected chi connectivity index (χ1v) is 9.63. The molecule has 0 fully saturated rings. The summed E-state index contributed by atoms with van der Waals surface area (Å²) in [5.74, 6) is 0. The minimum absolute atomic E-state index is 0.311. The third-order valence-corrected chi connectivity index (χ3v) is 3.88. The Kier molecular flexibility index (Phi) is 17.0. The molecular weight excluding hydrogens is 342 g/mol. The van der Waals surface area contributed by atoms with Gasteiger partial charge in [0.05, 0.1) is 0 Å². The fourth-order valence-corrected chi connectivity index (χ4v) is 2.32. The second kappa shape index (κ2) is 18.5. The lowest BCUT2D eigenvalue weighted by molar-refractivity contribution is -0.534. The van der Waals surface area contributed by atoms with Gasteiger partial charge in [0.25, 0.3) is 0 Å². The molecule has 2 atom stereocenters. The Balaban J connectivity index is 3.74. The van der Waals surface area contributed by atoms with Crippen LogP contribution >= 0.6 is 0 Å². The fraction of sp³-hybridized carbons (Fsp3) is 0.500. The molecule has 0 amide bonds. The zero-order chi connectivity index (χ0) is 20.2. The van der Waals surface area contributed by atoms with Crippen LogP contribution < -0.4 is 0 Å². The van der Waals surface area contributed by atoms with Crippen LogP contribution in [0.3, 0.4) is 0 Å². The molecule has 0 aliphatic carbocycles. The maximum atomic E-state index is 10.7. The van der Waals surface area contributed by atoms with E-state index in [4.69, 9.17) is 0 Å². The quantitative estimate of drug-likeness (QED) is 0.134. The van der Waals surface area contributed by atoms with E-state index in [-0.39, 0.29) is 0 Å². The largest absolute Gasteiger partial charge is 0.386 e. The second-order valence-electron chi connectivity index (χ2n) is 6.11. The third-order valence-electron chi connectivity index (χ3n) is 3.88. The van der Waals surface area contributed by atoms with Crippen molar-refractivity contribution in [3.63, 3.8) is 0 Å². The zero-order valence-corrected chi connectivity index (χ0v) is 16.3. The fourth-order valence-electron chi connectivity index (χ4n) is 2.32. The molecule has 1 N–H and O–H groups in total. The van der Waals surface area contributed by atoms with Gasteiger partial charge in [-0.05, 0) is 38.5 Å². The first-order valence-electron chi connectivity index (χ1n) is 9.63. The number of allylic oxidation sites excluding steroid dienone is 9. The van der Waals surface area contributed by atoms with Gasteiger partial charge >= 0.3 is 0 Å². The summed E-state index contributed by atoms with van der Waals surface area (Å²) in [6, 6.07) is -0.886. The molecule has 5 heteroatoms. The van der Waals surface area contributed by atoms with E-state index in [1.165, 1.54) is 0 Å². The van der Waals surface area contributed by atoms with Gasteiger partial charge in [0.2, 0.25) is 6.04 Å². The van der Waals surface area contributed by atoms with Crippen molar-refractivity contribution in [2.45, 2.75) is 70.4 Å². The van der Waals surface area contributed by atoms with E-state index in [0.29, 0.717) is 19.3 Å². The van der Waals surface area contributed by atoms with Gasteiger partial charge in [-0.2, -0.15) is 0 Å². The number of nitro groups is 1. The lowest BCUT2D eigenvalue weighted by Gasteiger charge is -2.12. The van der Waals surface area contributed by atoms with Crippen molar-refractivity contribution in [3.05, 3.63) is 70.9 Å². The zero-order valence-electron chi connectivity index (χ0n) is 16.3. The van der Waals surface area contributed by atoms with Crippen LogP contribution in [0.1, 0.15) is 58.3 Å². The Morgan fingerprint density at radius 3 is 1.67 bits per heavy atom. The summed E-state index contributed by atoms with van der Waals surface area (Å²) >= 11 is 0. The molecule has 0 rings (SSSR count). The van der Waals surface area contributed by atoms with Gasteiger partial charge in [-0.1, -0.05) is 67.7 Å². The molecule has 0 heterocycles. The van der Waals surface area contributed by atoms with E-state index in [0.717, 1.165) is 38.4 Å². The minimum atomic E-state index is -0.923. The lowest BCUT2D eigenvalue weighted by atomic mass is 10.1. The van der Waals surface area contributed by atoms with Crippen LogP contribution in [0.25, 0.3) is 0 Å². The normalized spacial score (nSPS) is 14.9. The molecule has 150 valence electrons. The van der Waals surface area contributed by atoms with Gasteiger partial charge in [0, 0.05) is 17.8 Å². The van der Waals surface area contributed by atoms with Gasteiger partial charge in [0.1, 0.15) is 12.4 Å². The molecule has 0 aliphatic rings. The third kappa shape index (κ3) is 15.7. The average molecular weight is 376 g/mol. The van der Waals surface area contributed by atoms with Crippen molar-refractivity contribution >= 4 is 6.29 Å². The number of aliphatic hydroxyl groups is 1. The standard InChI is InChI=1S/C22H33NO4/c1-2-21(23(26)27)22(25)19-17-15-13-11-9-7-5-3-4-6-8-10-12-14-16-18-20-24/h3,5-6,8-9,11-12,14-15,17,20-22,25H,2,4,7,10,13,16,18-19H2,1H3/b5-3-,8-6-,11-9-,14-12-,17-15-. The Morgan fingerprint density at radius 1 is 0.815 bits per heavy atom. The number of carbonyl (C=O) groups excluding carboxylic acids is 1. The molecule has 2 unspecified atom stereocenters. The number of unbranched alkanes of at least 4 members (excludes halogenated alkanes) is 1. The Bertz CT molecular complexity index is 532. The Hall–Kier alpha value is -2.27. The smallest absolute Gasteiger partial charge is 0.238 e. The van der Waals surface area contributed by atoms with Crippen LogP contribution in [0, 0.1) is 10.1 Å². The second-order valence-corrected chi connectivity index (χ2v) is 6.11. The number of hydrogen-bond acceptors (Lipinski definition) is 4. The summed E-state index contributed by atoms with van der Waals surface area (Å²) in [6.07, 6.45) is 25.9. The summed E-state index contributed by atoms with van der Waals surface area (Å²) in [7, 11) is 0. The topological polar surface area (TPSA) is 80.4 Å². The maximum Gasteiger partial charge on any atom is 0.238 e. The molecule has 27 heavy (non-hydrogen) atoms. The van der Waals surface area contributed by atoms with Crippen LogP contribution in [-0.4, -0.2) is 28.5 Å². The van der Waals surface area contributed by atoms with Crippen molar-refractivity contribution in [1.29, 1.82) is 0 Å². The van der Waals surface area contributed by atoms with Crippen molar-refractivity contribution in [1.82, 2.24) is 0 Å². The lowest BCUT2D eigenvalue weighted by Crippen LogP contribution is -2.32. The highest BCUT2D eigenvalue weighted by molar-refractivity contribution is 5.49. The predicted octanol–water partition coefficient (Wildman–Crippen LogP) is 5.11. The average Bonchev–Trinajstić information content (AvgIpc) is 2.64. The van der Waals surface area contributed by atoms with E-state index in [1.54, 1.807) is 13.0 Å². The molecule has 0 spiro atoms. The van der Waals surface area contributed by atoms with E-state index in [9.17, 15) is 20.0 Å². The molecule has 5 nitrogen and oxygen atoms in total. The molecule has 0 saturated heterocycles. The first kappa shape index (κ1) is 24.7. The van der Waals surface area contributed by atoms with E-state index in [2.05, 4.69) is 36.5 Å². The minimum Gasteiger partial charge on any atom is -0.386 e. The molecule has 0 aromatic carbocycles.